The molecule has 1 aromatic heterocycles. The van der Waals surface area contributed by atoms with Crippen molar-refractivity contribution in [2.24, 2.45) is 0 Å². The molecular weight excluding hydrogens is 283 g/mol. The summed E-state index contributed by atoms with van der Waals surface area (Å²) in [6.45, 7) is 3.56. The van der Waals surface area contributed by atoms with Crippen LogP contribution in [0.3, 0.4) is 0 Å². The minimum Gasteiger partial charge on any atom is -0.294 e. The van der Waals surface area contributed by atoms with Gasteiger partial charge in [-0.25, -0.2) is 0 Å². The molecule has 0 aliphatic rings. The summed E-state index contributed by atoms with van der Waals surface area (Å²) in [5.41, 5.74) is 2.62. The van der Waals surface area contributed by atoms with E-state index < -0.39 is 0 Å². The predicted molar refractivity (Wildman–Crippen MR) is 76.0 cm³/mol. The first kappa shape index (κ1) is 14.0. The van der Waals surface area contributed by atoms with Crippen LogP contribution in [0.15, 0.2) is 24.3 Å². The average Bonchev–Trinajstić information content (AvgIpc) is 2.36. The van der Waals surface area contributed by atoms with Crippen LogP contribution in [0.5, 0.6) is 0 Å². The monoisotopic (exact) mass is 294 g/mol. The summed E-state index contributed by atoms with van der Waals surface area (Å²) in [5, 5.41) is 8.96. The zero-order valence-corrected chi connectivity index (χ0v) is 12.1. The lowest BCUT2D eigenvalue weighted by Gasteiger charge is -2.06. The highest BCUT2D eigenvalue weighted by molar-refractivity contribution is 6.33. The van der Waals surface area contributed by atoms with Gasteiger partial charge in [-0.15, -0.1) is 0 Å². The second-order valence-electron chi connectivity index (χ2n) is 4.32. The van der Waals surface area contributed by atoms with Crippen molar-refractivity contribution in [1.29, 1.82) is 0 Å². The maximum atomic E-state index is 12.3. The van der Waals surface area contributed by atoms with Crippen LogP contribution in [0.25, 0.3) is 0 Å². The Morgan fingerprint density at radius 2 is 1.89 bits per heavy atom. The molecule has 1 aromatic carbocycles. The third-order valence-electron chi connectivity index (χ3n) is 2.76. The summed E-state index contributed by atoms with van der Waals surface area (Å²) in [5.74, 6) is -0.0420. The Morgan fingerprint density at radius 3 is 2.63 bits per heavy atom. The van der Waals surface area contributed by atoms with Gasteiger partial charge in [0.1, 0.15) is 0 Å². The molecule has 0 bridgehead atoms. The first-order valence-corrected chi connectivity index (χ1v) is 6.51. The number of nitrogens with zero attached hydrogens (tertiary/aromatic N) is 2. The molecule has 0 amide bonds. The highest BCUT2D eigenvalue weighted by Crippen LogP contribution is 2.22. The molecule has 0 saturated heterocycles. The Balaban J connectivity index is 2.30. The van der Waals surface area contributed by atoms with Crippen molar-refractivity contribution < 1.29 is 4.79 Å². The highest BCUT2D eigenvalue weighted by atomic mass is 35.5. The normalized spacial score (nSPS) is 10.5. The van der Waals surface area contributed by atoms with Gasteiger partial charge >= 0.3 is 0 Å². The van der Waals surface area contributed by atoms with Crippen molar-refractivity contribution in [2.75, 3.05) is 0 Å². The van der Waals surface area contributed by atoms with E-state index in [0.717, 1.165) is 0 Å². The number of halogens is 2. The molecular formula is C14H12Cl2N2O. The summed E-state index contributed by atoms with van der Waals surface area (Å²) < 4.78 is 0. The molecule has 98 valence electrons. The zero-order chi connectivity index (χ0) is 14.0. The summed E-state index contributed by atoms with van der Waals surface area (Å²) in [7, 11) is 0. The molecule has 0 atom stereocenters. The van der Waals surface area contributed by atoms with E-state index in [9.17, 15) is 4.79 Å². The molecule has 0 radical (unpaired) electrons. The lowest BCUT2D eigenvalue weighted by atomic mass is 10.0. The van der Waals surface area contributed by atoms with Crippen molar-refractivity contribution in [1.82, 2.24) is 10.2 Å². The minimum atomic E-state index is -0.0420. The largest absolute Gasteiger partial charge is 0.294 e. The molecule has 0 fully saturated rings. The van der Waals surface area contributed by atoms with Gasteiger partial charge in [-0.05, 0) is 43.7 Å². The van der Waals surface area contributed by atoms with E-state index >= 15 is 0 Å². The third-order valence-corrected chi connectivity index (χ3v) is 3.36. The van der Waals surface area contributed by atoms with Gasteiger partial charge in [-0.1, -0.05) is 23.2 Å². The van der Waals surface area contributed by atoms with Crippen molar-refractivity contribution >= 4 is 29.0 Å². The van der Waals surface area contributed by atoms with Crippen LogP contribution in [0.4, 0.5) is 0 Å². The zero-order valence-electron chi connectivity index (χ0n) is 10.6. The van der Waals surface area contributed by atoms with E-state index in [1.807, 2.05) is 0 Å². The number of hydrogen-bond acceptors (Lipinski definition) is 3. The summed E-state index contributed by atoms with van der Waals surface area (Å²) in [6.07, 6.45) is 0.200. The van der Waals surface area contributed by atoms with Gasteiger partial charge in [-0.3, -0.25) is 4.79 Å². The summed E-state index contributed by atoms with van der Waals surface area (Å²) in [6, 6.07) is 6.83. The van der Waals surface area contributed by atoms with Gasteiger partial charge in [0.05, 0.1) is 11.4 Å². The topological polar surface area (TPSA) is 42.9 Å². The maximum absolute atomic E-state index is 12.3. The standard InChI is InChI=1S/C14H12Cl2N2O/c1-8-5-12(9(2)18-17-8)14(19)7-10-6-11(15)3-4-13(10)16/h3-6H,7H2,1-2H3. The quantitative estimate of drug-likeness (QED) is 0.808. The minimum absolute atomic E-state index is 0.0420. The number of ketones is 1. The molecule has 0 spiro atoms. The molecule has 2 aromatic rings. The number of rotatable bonds is 3. The van der Waals surface area contributed by atoms with Crippen LogP contribution in [-0.4, -0.2) is 16.0 Å². The van der Waals surface area contributed by atoms with E-state index in [0.29, 0.717) is 32.6 Å². The van der Waals surface area contributed by atoms with Crippen LogP contribution in [0.1, 0.15) is 27.3 Å². The highest BCUT2D eigenvalue weighted by Gasteiger charge is 2.14. The first-order valence-electron chi connectivity index (χ1n) is 5.75. The first-order chi connectivity index (χ1) is 8.97. The van der Waals surface area contributed by atoms with Gasteiger partial charge in [0, 0.05) is 22.0 Å². The molecule has 19 heavy (non-hydrogen) atoms. The van der Waals surface area contributed by atoms with Gasteiger partial charge < -0.3 is 0 Å². The molecule has 2 rings (SSSR count). The second-order valence-corrected chi connectivity index (χ2v) is 5.16. The van der Waals surface area contributed by atoms with Gasteiger partial charge in [-0.2, -0.15) is 10.2 Å². The van der Waals surface area contributed by atoms with Crippen LogP contribution in [-0.2, 0) is 6.42 Å². The van der Waals surface area contributed by atoms with Crippen LogP contribution >= 0.6 is 23.2 Å². The molecule has 3 nitrogen and oxygen atoms in total. The lowest BCUT2D eigenvalue weighted by molar-refractivity contribution is 0.0991. The van der Waals surface area contributed by atoms with Gasteiger partial charge in [0.15, 0.2) is 5.78 Å². The lowest BCUT2D eigenvalue weighted by Crippen LogP contribution is -2.09. The number of aryl methyl sites for hydroxylation is 2. The van der Waals surface area contributed by atoms with E-state index in [4.69, 9.17) is 23.2 Å². The van der Waals surface area contributed by atoms with E-state index in [1.165, 1.54) is 0 Å². The molecule has 0 aliphatic heterocycles. The SMILES string of the molecule is Cc1cc(C(=O)Cc2cc(Cl)ccc2Cl)c(C)nn1. The Bertz CT molecular complexity index is 641. The fourth-order valence-corrected chi connectivity index (χ4v) is 2.16. The van der Waals surface area contributed by atoms with E-state index in [-0.39, 0.29) is 12.2 Å². The second kappa shape index (κ2) is 5.68. The fraction of sp³-hybridized carbons (Fsp3) is 0.214. The molecule has 0 saturated carbocycles. The van der Waals surface area contributed by atoms with E-state index in [2.05, 4.69) is 10.2 Å². The van der Waals surface area contributed by atoms with Crippen LogP contribution in [0.2, 0.25) is 10.0 Å². The number of benzene rings is 1. The smallest absolute Gasteiger partial charge is 0.169 e. The van der Waals surface area contributed by atoms with Crippen molar-refractivity contribution in [2.45, 2.75) is 20.3 Å². The van der Waals surface area contributed by atoms with Gasteiger partial charge in [0.2, 0.25) is 0 Å². The predicted octanol–water partition coefficient (Wildman–Crippen LogP) is 3.83. The Kier molecular flexibility index (Phi) is 4.17. The Morgan fingerprint density at radius 1 is 1.16 bits per heavy atom. The van der Waals surface area contributed by atoms with E-state index in [1.54, 1.807) is 38.1 Å². The van der Waals surface area contributed by atoms with Crippen molar-refractivity contribution in [3.05, 3.63) is 56.8 Å². The Labute approximate surface area is 121 Å². The van der Waals surface area contributed by atoms with Crippen molar-refractivity contribution in [3.8, 4) is 0 Å². The molecule has 5 heteroatoms. The van der Waals surface area contributed by atoms with Crippen LogP contribution in [0, 0.1) is 13.8 Å². The number of carbonyl (C=O) groups excluding carboxylic acids is 1. The van der Waals surface area contributed by atoms with Crippen molar-refractivity contribution in [3.63, 3.8) is 0 Å². The molecule has 0 unspecified atom stereocenters. The average molecular weight is 295 g/mol. The third kappa shape index (κ3) is 3.31. The maximum Gasteiger partial charge on any atom is 0.169 e. The molecule has 1 heterocycles. The van der Waals surface area contributed by atoms with Crippen LogP contribution < -0.4 is 0 Å². The number of Topliss-reactive ketones (excluding diaryl/α,β-unsaturated/α-hetero) is 1. The molecule has 0 aliphatic carbocycles. The summed E-state index contributed by atoms with van der Waals surface area (Å²) >= 11 is 12.0. The number of carbonyl (C=O) groups is 1. The summed E-state index contributed by atoms with van der Waals surface area (Å²) in [4.78, 5) is 12.3. The number of hydrogen-bond donors (Lipinski definition) is 0. The van der Waals surface area contributed by atoms with Gasteiger partial charge in [0.25, 0.3) is 0 Å². The number of aromatic nitrogens is 2. The Hall–Kier alpha value is -1.45. The molecule has 0 N–H and O–H groups in total. The fourth-order valence-electron chi connectivity index (χ4n) is 1.78.